The molecule has 1 aromatic heterocycles. The number of amides is 1. The zero-order valence-corrected chi connectivity index (χ0v) is 12.2. The largest absolute Gasteiger partial charge is 0.417 e. The molecule has 2 aromatic rings. The first-order valence-corrected chi connectivity index (χ1v) is 6.52. The van der Waals surface area contributed by atoms with Gasteiger partial charge >= 0.3 is 6.18 Å². The number of halogens is 4. The van der Waals surface area contributed by atoms with Crippen LogP contribution in [-0.2, 0) is 6.18 Å². The molecule has 0 aliphatic carbocycles. The molecule has 0 radical (unpaired) electrons. The van der Waals surface area contributed by atoms with Gasteiger partial charge in [-0.15, -0.1) is 0 Å². The van der Waals surface area contributed by atoms with E-state index in [1.807, 2.05) is 0 Å². The van der Waals surface area contributed by atoms with Gasteiger partial charge < -0.3 is 10.6 Å². The third-order valence-corrected chi connectivity index (χ3v) is 3.04. The number of benzene rings is 1. The van der Waals surface area contributed by atoms with Gasteiger partial charge in [-0.2, -0.15) is 18.4 Å². The summed E-state index contributed by atoms with van der Waals surface area (Å²) >= 11 is 0. The molecule has 1 aromatic carbocycles. The number of hydrogen-bond acceptors (Lipinski definition) is 4. The van der Waals surface area contributed by atoms with E-state index in [1.165, 1.54) is 13.1 Å². The summed E-state index contributed by atoms with van der Waals surface area (Å²) in [5, 5.41) is 13.4. The Balaban J connectivity index is 2.36. The number of nitriles is 1. The van der Waals surface area contributed by atoms with Crippen LogP contribution in [0.4, 0.5) is 29.1 Å². The number of nitrogens with zero attached hydrogens (tertiary/aromatic N) is 2. The van der Waals surface area contributed by atoms with E-state index in [0.717, 1.165) is 12.1 Å². The molecule has 1 heterocycles. The van der Waals surface area contributed by atoms with E-state index in [-0.39, 0.29) is 17.1 Å². The second-order valence-electron chi connectivity index (χ2n) is 4.63. The van der Waals surface area contributed by atoms with E-state index in [9.17, 15) is 22.4 Å². The number of carbonyl (C=O) groups is 1. The normalized spacial score (nSPS) is 10.8. The fraction of sp³-hybridized carbons (Fsp3) is 0.133. The minimum atomic E-state index is -4.64. The van der Waals surface area contributed by atoms with Crippen molar-refractivity contribution in [3.05, 3.63) is 53.0 Å². The Hall–Kier alpha value is -3.15. The van der Waals surface area contributed by atoms with Gasteiger partial charge in [0.1, 0.15) is 11.6 Å². The van der Waals surface area contributed by atoms with E-state index in [1.54, 1.807) is 6.07 Å². The van der Waals surface area contributed by atoms with Crippen molar-refractivity contribution in [1.82, 2.24) is 4.98 Å². The van der Waals surface area contributed by atoms with Gasteiger partial charge in [-0.05, 0) is 24.3 Å². The third-order valence-electron chi connectivity index (χ3n) is 3.04. The predicted molar refractivity (Wildman–Crippen MR) is 77.9 cm³/mol. The summed E-state index contributed by atoms with van der Waals surface area (Å²) in [5.41, 5.74) is -1.70. The van der Waals surface area contributed by atoms with Crippen LogP contribution < -0.4 is 10.6 Å². The molecule has 0 atom stereocenters. The molecule has 0 fully saturated rings. The molecule has 0 saturated carbocycles. The minimum Gasteiger partial charge on any atom is -0.371 e. The molecule has 2 rings (SSSR count). The summed E-state index contributed by atoms with van der Waals surface area (Å²) < 4.78 is 52.1. The molecular formula is C15H10F4N4O. The Bertz CT molecular complexity index is 827. The minimum absolute atomic E-state index is 0.00889. The van der Waals surface area contributed by atoms with Crippen LogP contribution >= 0.6 is 0 Å². The van der Waals surface area contributed by atoms with Crippen molar-refractivity contribution in [1.29, 1.82) is 5.26 Å². The van der Waals surface area contributed by atoms with Gasteiger partial charge in [0.2, 0.25) is 0 Å². The number of carbonyl (C=O) groups excluding carboxylic acids is 1. The van der Waals surface area contributed by atoms with Crippen LogP contribution in [0, 0.1) is 17.1 Å². The molecule has 5 nitrogen and oxygen atoms in total. The smallest absolute Gasteiger partial charge is 0.371 e. The molecule has 124 valence electrons. The SMILES string of the molecule is CNc1ncc(C(F)(F)F)cc1NC(=O)c1ccc(C#N)cc1F. The summed E-state index contributed by atoms with van der Waals surface area (Å²) in [4.78, 5) is 15.7. The Morgan fingerprint density at radius 3 is 2.54 bits per heavy atom. The number of anilines is 2. The Morgan fingerprint density at radius 1 is 1.29 bits per heavy atom. The summed E-state index contributed by atoms with van der Waals surface area (Å²) in [7, 11) is 1.41. The first-order chi connectivity index (χ1) is 11.3. The quantitative estimate of drug-likeness (QED) is 0.841. The first kappa shape index (κ1) is 17.2. The standard InChI is InChI=1S/C15H10F4N4O/c1-21-13-12(5-9(7-22-13)15(17,18)19)23-14(24)10-3-2-8(6-20)4-11(10)16/h2-5,7H,1H3,(H,21,22)(H,23,24). The monoisotopic (exact) mass is 338 g/mol. The van der Waals surface area contributed by atoms with Gasteiger partial charge in [-0.3, -0.25) is 4.79 Å². The van der Waals surface area contributed by atoms with Crippen molar-refractivity contribution < 1.29 is 22.4 Å². The molecule has 0 bridgehead atoms. The zero-order valence-electron chi connectivity index (χ0n) is 12.2. The average Bonchev–Trinajstić information content (AvgIpc) is 2.53. The highest BCUT2D eigenvalue weighted by atomic mass is 19.4. The van der Waals surface area contributed by atoms with Crippen molar-refractivity contribution in [3.8, 4) is 6.07 Å². The highest BCUT2D eigenvalue weighted by Crippen LogP contribution is 2.32. The van der Waals surface area contributed by atoms with Gasteiger partial charge in [0.05, 0.1) is 28.4 Å². The van der Waals surface area contributed by atoms with Crippen LogP contribution in [0.1, 0.15) is 21.5 Å². The molecule has 24 heavy (non-hydrogen) atoms. The lowest BCUT2D eigenvalue weighted by atomic mass is 10.1. The van der Waals surface area contributed by atoms with Crippen LogP contribution in [0.2, 0.25) is 0 Å². The fourth-order valence-electron chi connectivity index (χ4n) is 1.87. The Kier molecular flexibility index (Phi) is 4.69. The van der Waals surface area contributed by atoms with Crippen LogP contribution in [0.15, 0.2) is 30.5 Å². The van der Waals surface area contributed by atoms with Crippen molar-refractivity contribution in [3.63, 3.8) is 0 Å². The summed E-state index contributed by atoms with van der Waals surface area (Å²) in [6, 6.07) is 5.56. The van der Waals surface area contributed by atoms with Crippen molar-refractivity contribution in [2.45, 2.75) is 6.18 Å². The van der Waals surface area contributed by atoms with Crippen LogP contribution in [0.25, 0.3) is 0 Å². The number of nitrogens with one attached hydrogen (secondary N) is 2. The molecule has 0 unspecified atom stereocenters. The molecule has 1 amide bonds. The van der Waals surface area contributed by atoms with E-state index < -0.39 is 29.0 Å². The fourth-order valence-corrected chi connectivity index (χ4v) is 1.87. The van der Waals surface area contributed by atoms with Gasteiger partial charge in [-0.1, -0.05) is 0 Å². The van der Waals surface area contributed by atoms with E-state index in [2.05, 4.69) is 15.6 Å². The highest BCUT2D eigenvalue weighted by molar-refractivity contribution is 6.05. The third kappa shape index (κ3) is 3.60. The lowest BCUT2D eigenvalue weighted by molar-refractivity contribution is -0.137. The van der Waals surface area contributed by atoms with Gasteiger partial charge in [0.15, 0.2) is 0 Å². The van der Waals surface area contributed by atoms with Crippen molar-refractivity contribution >= 4 is 17.4 Å². The average molecular weight is 338 g/mol. The second kappa shape index (κ2) is 6.54. The molecule has 2 N–H and O–H groups in total. The maximum absolute atomic E-state index is 13.8. The van der Waals surface area contributed by atoms with E-state index in [4.69, 9.17) is 5.26 Å². The van der Waals surface area contributed by atoms with E-state index >= 15 is 0 Å². The van der Waals surface area contributed by atoms with Gasteiger partial charge in [-0.25, -0.2) is 9.37 Å². The summed E-state index contributed by atoms with van der Waals surface area (Å²) in [5.74, 6) is -1.93. The van der Waals surface area contributed by atoms with Gasteiger partial charge in [0.25, 0.3) is 5.91 Å². The molecular weight excluding hydrogens is 328 g/mol. The number of aromatic nitrogens is 1. The van der Waals surface area contributed by atoms with Crippen LogP contribution in [0.3, 0.4) is 0 Å². The maximum atomic E-state index is 13.8. The van der Waals surface area contributed by atoms with Crippen LogP contribution in [0.5, 0.6) is 0 Å². The number of pyridine rings is 1. The molecule has 0 aliphatic rings. The topological polar surface area (TPSA) is 77.8 Å². The summed E-state index contributed by atoms with van der Waals surface area (Å²) in [6.07, 6.45) is -4.03. The lowest BCUT2D eigenvalue weighted by Gasteiger charge is -2.13. The maximum Gasteiger partial charge on any atom is 0.417 e. The molecule has 0 aliphatic heterocycles. The van der Waals surface area contributed by atoms with Crippen LogP contribution in [-0.4, -0.2) is 17.9 Å². The molecule has 0 spiro atoms. The van der Waals surface area contributed by atoms with Crippen molar-refractivity contribution in [2.75, 3.05) is 17.7 Å². The summed E-state index contributed by atoms with van der Waals surface area (Å²) in [6.45, 7) is 0. The zero-order chi connectivity index (χ0) is 17.9. The molecule has 0 saturated heterocycles. The van der Waals surface area contributed by atoms with Crippen molar-refractivity contribution in [2.24, 2.45) is 0 Å². The second-order valence-corrected chi connectivity index (χ2v) is 4.63. The predicted octanol–water partition coefficient (Wildman–Crippen LogP) is 3.41. The number of alkyl halides is 3. The lowest BCUT2D eigenvalue weighted by Crippen LogP contribution is -2.17. The molecule has 9 heteroatoms. The highest BCUT2D eigenvalue weighted by Gasteiger charge is 2.32. The Morgan fingerprint density at radius 2 is 2.00 bits per heavy atom. The van der Waals surface area contributed by atoms with Gasteiger partial charge in [0, 0.05) is 13.2 Å². The number of rotatable bonds is 3. The Labute approximate surface area is 133 Å². The van der Waals surface area contributed by atoms with E-state index in [0.29, 0.717) is 12.3 Å². The first-order valence-electron chi connectivity index (χ1n) is 6.52. The number of hydrogen-bond donors (Lipinski definition) is 2.